The van der Waals surface area contributed by atoms with Gasteiger partial charge in [0.15, 0.2) is 0 Å². The number of ether oxygens (including phenoxy) is 1. The second kappa shape index (κ2) is 5.55. The van der Waals surface area contributed by atoms with E-state index >= 15 is 0 Å². The first-order valence-electron chi connectivity index (χ1n) is 5.78. The number of carbonyl (C=O) groups excluding carboxylic acids is 1. The summed E-state index contributed by atoms with van der Waals surface area (Å²) in [5.41, 5.74) is -1.22. The molecule has 2 N–H and O–H groups in total. The van der Waals surface area contributed by atoms with Crippen LogP contribution in [0.2, 0.25) is 10.2 Å². The van der Waals surface area contributed by atoms with Gasteiger partial charge in [-0.05, 0) is 19.1 Å². The van der Waals surface area contributed by atoms with E-state index in [1.807, 2.05) is 0 Å². The number of rotatable bonds is 3. The molecule has 2 atom stereocenters. The minimum absolute atomic E-state index is 0.0317. The van der Waals surface area contributed by atoms with E-state index in [2.05, 4.69) is 10.3 Å². The maximum Gasteiger partial charge on any atom is 0.313 e. The highest BCUT2D eigenvalue weighted by Gasteiger charge is 2.47. The van der Waals surface area contributed by atoms with Crippen molar-refractivity contribution < 1.29 is 19.4 Å². The Morgan fingerprint density at radius 2 is 2.20 bits per heavy atom. The Balaban J connectivity index is 2.19. The molecule has 2 unspecified atom stereocenters. The van der Waals surface area contributed by atoms with Gasteiger partial charge < -0.3 is 15.2 Å². The molecule has 0 spiro atoms. The highest BCUT2D eigenvalue weighted by atomic mass is 35.5. The van der Waals surface area contributed by atoms with Crippen molar-refractivity contribution in [3.63, 3.8) is 0 Å². The van der Waals surface area contributed by atoms with E-state index in [4.69, 9.17) is 27.9 Å². The Labute approximate surface area is 125 Å². The smallest absolute Gasteiger partial charge is 0.313 e. The number of carboxylic acids is 1. The van der Waals surface area contributed by atoms with E-state index in [1.165, 1.54) is 19.1 Å². The number of amides is 1. The van der Waals surface area contributed by atoms with Crippen LogP contribution in [0.4, 0.5) is 0 Å². The molecule has 1 aromatic heterocycles. The highest BCUT2D eigenvalue weighted by Crippen LogP contribution is 2.29. The lowest BCUT2D eigenvalue weighted by molar-refractivity contribution is -0.148. The minimum Gasteiger partial charge on any atom is -0.481 e. The number of hydrogen-bond acceptors (Lipinski definition) is 4. The fourth-order valence-corrected chi connectivity index (χ4v) is 2.23. The van der Waals surface area contributed by atoms with Crippen molar-refractivity contribution in [1.82, 2.24) is 10.3 Å². The normalized spacial score (nSPS) is 25.4. The summed E-state index contributed by atoms with van der Waals surface area (Å²) in [6, 6.07) is 2.25. The molecule has 1 aliphatic rings. The van der Waals surface area contributed by atoms with E-state index in [9.17, 15) is 14.7 Å². The van der Waals surface area contributed by atoms with Gasteiger partial charge in [0, 0.05) is 0 Å². The van der Waals surface area contributed by atoms with E-state index in [0.29, 0.717) is 0 Å². The van der Waals surface area contributed by atoms with Crippen molar-refractivity contribution in [2.24, 2.45) is 5.41 Å². The molecule has 0 aromatic carbocycles. The second-order valence-corrected chi connectivity index (χ2v) is 5.52. The van der Waals surface area contributed by atoms with Gasteiger partial charge in [0.1, 0.15) is 16.3 Å². The monoisotopic (exact) mass is 318 g/mol. The summed E-state index contributed by atoms with van der Waals surface area (Å²) >= 11 is 11.6. The zero-order valence-corrected chi connectivity index (χ0v) is 12.0. The zero-order chi connectivity index (χ0) is 14.9. The van der Waals surface area contributed by atoms with Gasteiger partial charge in [-0.15, -0.1) is 0 Å². The summed E-state index contributed by atoms with van der Waals surface area (Å²) in [4.78, 5) is 27.2. The number of aromatic nitrogens is 1. The van der Waals surface area contributed by atoms with Gasteiger partial charge >= 0.3 is 5.97 Å². The van der Waals surface area contributed by atoms with Crippen LogP contribution in [0.3, 0.4) is 0 Å². The third-order valence-corrected chi connectivity index (χ3v) is 3.79. The van der Waals surface area contributed by atoms with Gasteiger partial charge in [-0.25, -0.2) is 4.98 Å². The molecule has 1 saturated heterocycles. The molecule has 1 aromatic rings. The molecule has 6 nitrogen and oxygen atoms in total. The molecule has 2 heterocycles. The Morgan fingerprint density at radius 1 is 1.50 bits per heavy atom. The number of carbonyl (C=O) groups is 2. The predicted molar refractivity (Wildman–Crippen MR) is 72.1 cm³/mol. The topological polar surface area (TPSA) is 88.5 Å². The van der Waals surface area contributed by atoms with Crippen LogP contribution in [0, 0.1) is 5.41 Å². The molecule has 0 bridgehead atoms. The van der Waals surface area contributed by atoms with E-state index < -0.39 is 23.3 Å². The number of nitrogens with one attached hydrogen (secondary N) is 1. The maximum absolute atomic E-state index is 12.1. The first-order chi connectivity index (χ1) is 9.34. The van der Waals surface area contributed by atoms with Gasteiger partial charge in [0.2, 0.25) is 0 Å². The quantitative estimate of drug-likeness (QED) is 0.826. The average molecular weight is 319 g/mol. The second-order valence-electron chi connectivity index (χ2n) is 4.73. The Morgan fingerprint density at radius 3 is 2.85 bits per heavy atom. The summed E-state index contributed by atoms with van der Waals surface area (Å²) in [6.07, 6.45) is 0. The Kier molecular flexibility index (Phi) is 4.17. The number of hydrogen-bond donors (Lipinski definition) is 2. The zero-order valence-electron chi connectivity index (χ0n) is 10.5. The maximum atomic E-state index is 12.1. The van der Waals surface area contributed by atoms with Crippen LogP contribution in [-0.2, 0) is 9.53 Å². The van der Waals surface area contributed by atoms with Crippen molar-refractivity contribution in [3.05, 3.63) is 28.0 Å². The van der Waals surface area contributed by atoms with Gasteiger partial charge in [-0.1, -0.05) is 23.2 Å². The molecular formula is C12H12Cl2N2O4. The number of carboxylic acid groups (broad SMARTS) is 1. The molecule has 1 amide bonds. The van der Waals surface area contributed by atoms with E-state index in [-0.39, 0.29) is 29.1 Å². The Bertz CT molecular complexity index is 566. The van der Waals surface area contributed by atoms with E-state index in [0.717, 1.165) is 0 Å². The molecule has 1 fully saturated rings. The lowest BCUT2D eigenvalue weighted by Crippen LogP contribution is -2.49. The summed E-state index contributed by atoms with van der Waals surface area (Å²) in [6.45, 7) is 1.66. The average Bonchev–Trinajstić information content (AvgIpc) is 2.75. The van der Waals surface area contributed by atoms with Gasteiger partial charge in [0.05, 0.1) is 24.3 Å². The molecule has 20 heavy (non-hydrogen) atoms. The third kappa shape index (κ3) is 2.72. The fourth-order valence-electron chi connectivity index (χ4n) is 1.89. The largest absolute Gasteiger partial charge is 0.481 e. The highest BCUT2D eigenvalue weighted by molar-refractivity contribution is 6.34. The van der Waals surface area contributed by atoms with Crippen LogP contribution >= 0.6 is 23.2 Å². The van der Waals surface area contributed by atoms with Crippen molar-refractivity contribution in [3.8, 4) is 0 Å². The summed E-state index contributed by atoms with van der Waals surface area (Å²) in [7, 11) is 0. The fraction of sp³-hybridized carbons (Fsp3) is 0.417. The van der Waals surface area contributed by atoms with Crippen molar-refractivity contribution in [2.75, 3.05) is 13.2 Å². The summed E-state index contributed by atoms with van der Waals surface area (Å²) in [5.74, 6) is -1.62. The van der Waals surface area contributed by atoms with Crippen LogP contribution in [0.5, 0.6) is 0 Å². The first-order valence-corrected chi connectivity index (χ1v) is 6.54. The van der Waals surface area contributed by atoms with Crippen LogP contribution in [0.1, 0.15) is 17.4 Å². The van der Waals surface area contributed by atoms with Gasteiger partial charge in [-0.3, -0.25) is 9.59 Å². The predicted octanol–water partition coefficient (Wildman–Crippen LogP) is 1.61. The summed E-state index contributed by atoms with van der Waals surface area (Å²) < 4.78 is 5.15. The molecule has 1 aliphatic heterocycles. The molecule has 0 aliphatic carbocycles. The lowest BCUT2D eigenvalue weighted by atomic mass is 9.85. The van der Waals surface area contributed by atoms with Crippen LogP contribution in [0.25, 0.3) is 0 Å². The molecule has 2 rings (SSSR count). The molecule has 0 radical (unpaired) electrons. The van der Waals surface area contributed by atoms with Gasteiger partial charge in [0.25, 0.3) is 5.91 Å². The third-order valence-electron chi connectivity index (χ3n) is 3.28. The van der Waals surface area contributed by atoms with Crippen molar-refractivity contribution in [2.45, 2.75) is 13.0 Å². The molecule has 0 saturated carbocycles. The molecule has 108 valence electrons. The summed E-state index contributed by atoms with van der Waals surface area (Å²) in [5, 5.41) is 12.1. The molecular weight excluding hydrogens is 307 g/mol. The Hall–Kier alpha value is -1.37. The van der Waals surface area contributed by atoms with Crippen LogP contribution in [-0.4, -0.2) is 41.2 Å². The number of aliphatic carboxylic acids is 1. The van der Waals surface area contributed by atoms with Crippen molar-refractivity contribution >= 4 is 35.1 Å². The minimum atomic E-state index is -1.18. The van der Waals surface area contributed by atoms with Crippen LogP contribution < -0.4 is 5.32 Å². The SMILES string of the molecule is CC1(C(=O)O)COCC1NC(=O)c1nc(Cl)ccc1Cl. The van der Waals surface area contributed by atoms with Crippen molar-refractivity contribution in [1.29, 1.82) is 0 Å². The lowest BCUT2D eigenvalue weighted by Gasteiger charge is -2.25. The van der Waals surface area contributed by atoms with Gasteiger partial charge in [-0.2, -0.15) is 0 Å². The number of pyridine rings is 1. The number of halogens is 2. The first kappa shape index (κ1) is 15.0. The van der Waals surface area contributed by atoms with E-state index in [1.54, 1.807) is 0 Å². The van der Waals surface area contributed by atoms with Crippen LogP contribution in [0.15, 0.2) is 12.1 Å². The standard InChI is InChI=1S/C12H12Cl2N2O4/c1-12(11(18)19)5-20-4-7(12)15-10(17)9-6(13)2-3-8(14)16-9/h2-3,7H,4-5H2,1H3,(H,15,17)(H,18,19). The molecule has 8 heteroatoms. The number of nitrogens with zero attached hydrogens (tertiary/aromatic N) is 1.